The highest BCUT2D eigenvalue weighted by atomic mass is 15.3. The number of hydrogen-bond acceptors (Lipinski definition) is 2. The van der Waals surface area contributed by atoms with Gasteiger partial charge < -0.3 is 9.47 Å². The van der Waals surface area contributed by atoms with E-state index >= 15 is 0 Å². The number of aryl methyl sites for hydroxylation is 1. The second-order valence-electron chi connectivity index (χ2n) is 8.74. The van der Waals surface area contributed by atoms with Crippen molar-refractivity contribution in [2.45, 2.75) is 65.5 Å². The molecule has 1 saturated heterocycles. The molecule has 3 heteroatoms. The van der Waals surface area contributed by atoms with E-state index in [2.05, 4.69) is 74.4 Å². The van der Waals surface area contributed by atoms with Crippen molar-refractivity contribution in [3.63, 3.8) is 0 Å². The molecule has 0 atom stereocenters. The minimum atomic E-state index is 0.258. The van der Waals surface area contributed by atoms with E-state index in [-0.39, 0.29) is 5.41 Å². The van der Waals surface area contributed by atoms with Gasteiger partial charge in [0.15, 0.2) is 0 Å². The van der Waals surface area contributed by atoms with E-state index in [1.165, 1.54) is 44.7 Å². The number of piperazine rings is 1. The predicted octanol–water partition coefficient (Wildman–Crippen LogP) is 3.59. The first-order valence-corrected chi connectivity index (χ1v) is 8.80. The zero-order valence-electron chi connectivity index (χ0n) is 15.5. The largest absolute Gasteiger partial charge is 0.354 e. The number of hydrogen-bond donors (Lipinski definition) is 0. The SMILES string of the molecule is CC(C)(C)c1ccn(CCCN2CCN(C(C)(C)C)CC2)c1. The van der Waals surface area contributed by atoms with Gasteiger partial charge in [0.2, 0.25) is 0 Å². The van der Waals surface area contributed by atoms with Crippen LogP contribution in [0.4, 0.5) is 0 Å². The summed E-state index contributed by atoms with van der Waals surface area (Å²) in [7, 11) is 0. The third-order valence-electron chi connectivity index (χ3n) is 4.83. The smallest absolute Gasteiger partial charge is 0.0231 e. The average Bonchev–Trinajstić information content (AvgIpc) is 2.87. The lowest BCUT2D eigenvalue weighted by Crippen LogP contribution is -2.53. The van der Waals surface area contributed by atoms with Crippen LogP contribution in [-0.4, -0.2) is 52.6 Å². The molecule has 0 unspecified atom stereocenters. The molecule has 3 nitrogen and oxygen atoms in total. The van der Waals surface area contributed by atoms with Crippen LogP contribution >= 0.6 is 0 Å². The van der Waals surface area contributed by atoms with Crippen LogP contribution < -0.4 is 0 Å². The Bertz CT molecular complexity index is 454. The molecule has 0 aliphatic carbocycles. The van der Waals surface area contributed by atoms with Crippen LogP contribution in [0, 0.1) is 0 Å². The summed E-state index contributed by atoms with van der Waals surface area (Å²) in [5.41, 5.74) is 2.01. The van der Waals surface area contributed by atoms with Crippen molar-refractivity contribution < 1.29 is 0 Å². The van der Waals surface area contributed by atoms with Gasteiger partial charge in [0, 0.05) is 50.7 Å². The van der Waals surface area contributed by atoms with Crippen LogP contribution in [0.5, 0.6) is 0 Å². The molecule has 0 bridgehead atoms. The van der Waals surface area contributed by atoms with E-state index < -0.39 is 0 Å². The van der Waals surface area contributed by atoms with Gasteiger partial charge in [-0.2, -0.15) is 0 Å². The van der Waals surface area contributed by atoms with Gasteiger partial charge in [-0.25, -0.2) is 0 Å². The molecule has 1 aliphatic rings. The maximum absolute atomic E-state index is 2.62. The molecule has 1 aromatic heterocycles. The van der Waals surface area contributed by atoms with Crippen LogP contribution in [0.1, 0.15) is 53.5 Å². The molecule has 1 fully saturated rings. The number of nitrogens with zero attached hydrogens (tertiary/aromatic N) is 3. The normalized spacial score (nSPS) is 18.8. The standard InChI is InChI=1S/C19H35N3/c1-18(2,3)17-8-11-21(16-17)10-7-9-20-12-14-22(15-13-20)19(4,5)6/h8,11,16H,7,9-10,12-15H2,1-6H3. The van der Waals surface area contributed by atoms with Crippen molar-refractivity contribution in [3.8, 4) is 0 Å². The first-order valence-electron chi connectivity index (χ1n) is 8.80. The second kappa shape index (κ2) is 6.76. The Labute approximate surface area is 137 Å². The van der Waals surface area contributed by atoms with E-state index in [4.69, 9.17) is 0 Å². The predicted molar refractivity (Wildman–Crippen MR) is 95.5 cm³/mol. The minimum Gasteiger partial charge on any atom is -0.354 e. The van der Waals surface area contributed by atoms with Crippen LogP contribution in [0.25, 0.3) is 0 Å². The van der Waals surface area contributed by atoms with Crippen molar-refractivity contribution in [1.29, 1.82) is 0 Å². The quantitative estimate of drug-likeness (QED) is 0.842. The van der Waals surface area contributed by atoms with Crippen molar-refractivity contribution >= 4 is 0 Å². The van der Waals surface area contributed by atoms with Crippen LogP contribution in [0.2, 0.25) is 0 Å². The van der Waals surface area contributed by atoms with Crippen molar-refractivity contribution in [1.82, 2.24) is 14.4 Å². The summed E-state index contributed by atoms with van der Waals surface area (Å²) in [5.74, 6) is 0. The molecule has 0 aromatic carbocycles. The first kappa shape index (κ1) is 17.6. The molecule has 22 heavy (non-hydrogen) atoms. The summed E-state index contributed by atoms with van der Waals surface area (Å²) in [6.07, 6.45) is 5.80. The van der Waals surface area contributed by atoms with Gasteiger partial charge in [-0.05, 0) is 50.8 Å². The molecule has 1 aliphatic heterocycles. The Hall–Kier alpha value is -0.800. The second-order valence-corrected chi connectivity index (χ2v) is 8.74. The molecule has 1 aromatic rings. The summed E-state index contributed by atoms with van der Waals surface area (Å²) in [4.78, 5) is 5.22. The summed E-state index contributed by atoms with van der Waals surface area (Å²) in [6.45, 7) is 21.0. The Morgan fingerprint density at radius 3 is 2.05 bits per heavy atom. The van der Waals surface area contributed by atoms with Crippen molar-refractivity contribution in [3.05, 3.63) is 24.0 Å². The Balaban J connectivity index is 1.71. The van der Waals surface area contributed by atoms with Crippen LogP contribution in [0.3, 0.4) is 0 Å². The van der Waals surface area contributed by atoms with Gasteiger partial charge in [0.25, 0.3) is 0 Å². The van der Waals surface area contributed by atoms with Crippen molar-refractivity contribution in [2.24, 2.45) is 0 Å². The number of aromatic nitrogens is 1. The first-order chi connectivity index (χ1) is 10.2. The van der Waals surface area contributed by atoms with Crippen LogP contribution in [-0.2, 0) is 12.0 Å². The van der Waals surface area contributed by atoms with Gasteiger partial charge in [-0.1, -0.05) is 20.8 Å². The molecule has 126 valence electrons. The summed E-state index contributed by atoms with van der Waals surface area (Å²) >= 11 is 0. The third kappa shape index (κ3) is 4.85. The fourth-order valence-corrected chi connectivity index (χ4v) is 3.14. The highest BCUT2D eigenvalue weighted by Gasteiger charge is 2.25. The molecular weight excluding hydrogens is 270 g/mol. The minimum absolute atomic E-state index is 0.258. The van der Waals surface area contributed by atoms with Crippen LogP contribution in [0.15, 0.2) is 18.5 Å². The molecule has 2 heterocycles. The molecular formula is C19H35N3. The Kier molecular flexibility index (Phi) is 5.39. The summed E-state index contributed by atoms with van der Waals surface area (Å²) in [6, 6.07) is 2.27. The lowest BCUT2D eigenvalue weighted by Gasteiger charge is -2.42. The maximum Gasteiger partial charge on any atom is 0.0231 e. The van der Waals surface area contributed by atoms with Gasteiger partial charge in [0.05, 0.1) is 0 Å². The fraction of sp³-hybridized carbons (Fsp3) is 0.789. The van der Waals surface area contributed by atoms with Gasteiger partial charge in [-0.3, -0.25) is 4.90 Å². The van der Waals surface area contributed by atoms with E-state index in [0.29, 0.717) is 5.54 Å². The molecule has 2 rings (SSSR count). The van der Waals surface area contributed by atoms with Gasteiger partial charge in [-0.15, -0.1) is 0 Å². The molecule has 0 radical (unpaired) electrons. The van der Waals surface area contributed by atoms with Gasteiger partial charge in [0.1, 0.15) is 0 Å². The monoisotopic (exact) mass is 305 g/mol. The molecule has 0 spiro atoms. The zero-order chi connectivity index (χ0) is 16.4. The summed E-state index contributed by atoms with van der Waals surface area (Å²) < 4.78 is 2.35. The van der Waals surface area contributed by atoms with E-state index in [0.717, 1.165) is 6.54 Å². The lowest BCUT2D eigenvalue weighted by atomic mass is 9.89. The molecule has 0 amide bonds. The summed E-state index contributed by atoms with van der Waals surface area (Å²) in [5, 5.41) is 0. The average molecular weight is 306 g/mol. The highest BCUT2D eigenvalue weighted by molar-refractivity contribution is 5.19. The molecule has 0 N–H and O–H groups in total. The topological polar surface area (TPSA) is 11.4 Å². The number of rotatable bonds is 4. The third-order valence-corrected chi connectivity index (χ3v) is 4.83. The van der Waals surface area contributed by atoms with E-state index in [1.807, 2.05) is 0 Å². The van der Waals surface area contributed by atoms with Crippen molar-refractivity contribution in [2.75, 3.05) is 32.7 Å². The fourth-order valence-electron chi connectivity index (χ4n) is 3.14. The highest BCUT2D eigenvalue weighted by Crippen LogP contribution is 2.22. The van der Waals surface area contributed by atoms with E-state index in [1.54, 1.807) is 0 Å². The zero-order valence-corrected chi connectivity index (χ0v) is 15.5. The maximum atomic E-state index is 2.62. The Morgan fingerprint density at radius 2 is 1.55 bits per heavy atom. The molecule has 0 saturated carbocycles. The van der Waals surface area contributed by atoms with Gasteiger partial charge >= 0.3 is 0 Å². The van der Waals surface area contributed by atoms with E-state index in [9.17, 15) is 0 Å². The Morgan fingerprint density at radius 1 is 0.909 bits per heavy atom. The lowest BCUT2D eigenvalue weighted by molar-refractivity contribution is 0.0614.